The van der Waals surface area contributed by atoms with E-state index in [9.17, 15) is 9.59 Å². The third-order valence-electron chi connectivity index (χ3n) is 4.50. The first-order chi connectivity index (χ1) is 15.5. The van der Waals surface area contributed by atoms with Gasteiger partial charge in [0.1, 0.15) is 6.61 Å². The number of hydrogen-bond acceptors (Lipinski definition) is 6. The number of aromatic nitrogens is 1. The van der Waals surface area contributed by atoms with E-state index < -0.39 is 5.91 Å². The van der Waals surface area contributed by atoms with Gasteiger partial charge in [0.05, 0.1) is 27.9 Å². The maximum absolute atomic E-state index is 12.9. The molecule has 1 aromatic heterocycles. The summed E-state index contributed by atoms with van der Waals surface area (Å²) in [6, 6.07) is 15.7. The highest BCUT2D eigenvalue weighted by Crippen LogP contribution is 2.40. The van der Waals surface area contributed by atoms with Gasteiger partial charge in [0, 0.05) is 11.2 Å². The minimum absolute atomic E-state index is 0.271. The molecular weight excluding hydrogens is 516 g/mol. The molecule has 6 nitrogen and oxygen atoms in total. The van der Waals surface area contributed by atoms with Gasteiger partial charge in [-0.05, 0) is 81.8 Å². The van der Waals surface area contributed by atoms with E-state index in [4.69, 9.17) is 21.1 Å². The van der Waals surface area contributed by atoms with Crippen LogP contribution in [0.3, 0.4) is 0 Å². The Labute approximate surface area is 202 Å². The van der Waals surface area contributed by atoms with E-state index in [0.717, 1.165) is 22.4 Å². The van der Waals surface area contributed by atoms with Crippen LogP contribution in [0.4, 0.5) is 10.5 Å². The summed E-state index contributed by atoms with van der Waals surface area (Å²) in [5.41, 5.74) is 1.89. The number of rotatable bonds is 6. The molecule has 162 valence electrons. The molecule has 0 bridgehead atoms. The summed E-state index contributed by atoms with van der Waals surface area (Å²) in [6.45, 7) is 0.271. The maximum Gasteiger partial charge on any atom is 0.298 e. The molecule has 2 amide bonds. The maximum atomic E-state index is 12.9. The molecular formula is C23H16BrClN2O4S. The average Bonchev–Trinajstić information content (AvgIpc) is 3.06. The molecule has 0 spiro atoms. The van der Waals surface area contributed by atoms with Crippen molar-refractivity contribution in [1.82, 2.24) is 4.98 Å². The molecule has 1 aliphatic heterocycles. The molecule has 0 radical (unpaired) electrons. The predicted molar refractivity (Wildman–Crippen MR) is 129 cm³/mol. The third-order valence-corrected chi connectivity index (χ3v) is 6.19. The van der Waals surface area contributed by atoms with E-state index in [1.54, 1.807) is 48.7 Å². The minimum atomic E-state index is -0.409. The van der Waals surface area contributed by atoms with Crippen molar-refractivity contribution in [3.8, 4) is 11.5 Å². The monoisotopic (exact) mass is 530 g/mol. The Balaban J connectivity index is 1.59. The lowest BCUT2D eigenvalue weighted by atomic mass is 10.1. The lowest BCUT2D eigenvalue weighted by Gasteiger charge is -2.14. The molecule has 1 saturated heterocycles. The zero-order valence-corrected chi connectivity index (χ0v) is 19.9. The van der Waals surface area contributed by atoms with Crippen LogP contribution in [0, 0.1) is 0 Å². The third kappa shape index (κ3) is 4.82. The van der Waals surface area contributed by atoms with Gasteiger partial charge in [-0.25, -0.2) is 4.90 Å². The molecule has 0 saturated carbocycles. The van der Waals surface area contributed by atoms with E-state index in [-0.39, 0.29) is 11.8 Å². The van der Waals surface area contributed by atoms with Crippen molar-refractivity contribution < 1.29 is 19.1 Å². The zero-order chi connectivity index (χ0) is 22.7. The van der Waals surface area contributed by atoms with Gasteiger partial charge >= 0.3 is 0 Å². The van der Waals surface area contributed by atoms with Crippen molar-refractivity contribution in [3.63, 3.8) is 0 Å². The number of benzene rings is 2. The molecule has 1 fully saturated rings. The highest BCUT2D eigenvalue weighted by atomic mass is 79.9. The summed E-state index contributed by atoms with van der Waals surface area (Å²) in [6.07, 6.45) is 3.34. The normalized spacial score (nSPS) is 14.8. The Bertz CT molecular complexity index is 1220. The number of ether oxygens (including phenoxy) is 2. The standard InChI is InChI=1S/C23H16BrClN2O4S/c1-30-19-10-14(9-18(24)21(19)31-13-16-6-2-3-8-26-16)11-20-22(28)27(23(29)32-20)17-7-4-5-15(25)12-17/h2-12H,13H2,1H3/b20-11-. The van der Waals surface area contributed by atoms with Crippen molar-refractivity contribution in [1.29, 1.82) is 0 Å². The molecule has 2 aromatic carbocycles. The SMILES string of the molecule is COc1cc(/C=C2\SC(=O)N(c3cccc(Cl)c3)C2=O)cc(Br)c1OCc1ccccn1. The number of imide groups is 1. The lowest BCUT2D eigenvalue weighted by Crippen LogP contribution is -2.27. The second-order valence-corrected chi connectivity index (χ2v) is 8.92. The molecule has 32 heavy (non-hydrogen) atoms. The van der Waals surface area contributed by atoms with E-state index in [2.05, 4.69) is 20.9 Å². The zero-order valence-electron chi connectivity index (χ0n) is 16.7. The lowest BCUT2D eigenvalue weighted by molar-refractivity contribution is -0.113. The van der Waals surface area contributed by atoms with Gasteiger partial charge in [-0.2, -0.15) is 0 Å². The highest BCUT2D eigenvalue weighted by molar-refractivity contribution is 9.10. The molecule has 0 unspecified atom stereocenters. The molecule has 4 rings (SSSR count). The molecule has 2 heterocycles. The van der Waals surface area contributed by atoms with Crippen LogP contribution in [0.15, 0.2) is 70.2 Å². The highest BCUT2D eigenvalue weighted by Gasteiger charge is 2.36. The first-order valence-corrected chi connectivity index (χ1v) is 11.4. The van der Waals surface area contributed by atoms with Crippen LogP contribution in [0.5, 0.6) is 11.5 Å². The number of methoxy groups -OCH3 is 1. The first kappa shape index (κ1) is 22.4. The van der Waals surface area contributed by atoms with Gasteiger partial charge in [-0.1, -0.05) is 23.7 Å². The van der Waals surface area contributed by atoms with Gasteiger partial charge < -0.3 is 9.47 Å². The largest absolute Gasteiger partial charge is 0.493 e. The summed E-state index contributed by atoms with van der Waals surface area (Å²) in [5.74, 6) is 0.589. The van der Waals surface area contributed by atoms with Crippen molar-refractivity contribution in [2.45, 2.75) is 6.61 Å². The molecule has 0 atom stereocenters. The number of halogens is 2. The Morgan fingerprint density at radius 3 is 2.72 bits per heavy atom. The summed E-state index contributed by atoms with van der Waals surface area (Å²) >= 11 is 10.4. The molecule has 3 aromatic rings. The predicted octanol–water partition coefficient (Wildman–Crippen LogP) is 6.33. The van der Waals surface area contributed by atoms with E-state index in [0.29, 0.717) is 37.2 Å². The topological polar surface area (TPSA) is 68.7 Å². The van der Waals surface area contributed by atoms with Crippen LogP contribution in [0.2, 0.25) is 5.02 Å². The smallest absolute Gasteiger partial charge is 0.298 e. The van der Waals surface area contributed by atoms with Crippen LogP contribution in [-0.2, 0) is 11.4 Å². The van der Waals surface area contributed by atoms with Gasteiger partial charge in [-0.3, -0.25) is 14.6 Å². The van der Waals surface area contributed by atoms with Crippen LogP contribution >= 0.6 is 39.3 Å². The quantitative estimate of drug-likeness (QED) is 0.346. The van der Waals surface area contributed by atoms with Gasteiger partial charge in [0.15, 0.2) is 11.5 Å². The fourth-order valence-corrected chi connectivity index (χ4v) is 4.65. The second kappa shape index (κ2) is 9.77. The summed E-state index contributed by atoms with van der Waals surface area (Å²) in [7, 11) is 1.53. The molecule has 0 N–H and O–H groups in total. The fraction of sp³-hybridized carbons (Fsp3) is 0.0870. The van der Waals surface area contributed by atoms with Crippen molar-refractivity contribution in [2.75, 3.05) is 12.0 Å². The number of carbonyl (C=O) groups excluding carboxylic acids is 2. The Morgan fingerprint density at radius 1 is 1.16 bits per heavy atom. The van der Waals surface area contributed by atoms with Crippen LogP contribution in [0.25, 0.3) is 6.08 Å². The molecule has 9 heteroatoms. The van der Waals surface area contributed by atoms with Crippen LogP contribution < -0.4 is 14.4 Å². The van der Waals surface area contributed by atoms with Crippen molar-refractivity contribution in [2.24, 2.45) is 0 Å². The van der Waals surface area contributed by atoms with E-state index in [1.165, 1.54) is 7.11 Å². The Morgan fingerprint density at radius 2 is 2.00 bits per heavy atom. The second-order valence-electron chi connectivity index (χ2n) is 6.64. The Kier molecular flexibility index (Phi) is 6.83. The number of hydrogen-bond donors (Lipinski definition) is 0. The number of carbonyl (C=O) groups is 2. The average molecular weight is 532 g/mol. The van der Waals surface area contributed by atoms with Crippen LogP contribution in [-0.4, -0.2) is 23.2 Å². The summed E-state index contributed by atoms with van der Waals surface area (Å²) < 4.78 is 12.0. The summed E-state index contributed by atoms with van der Waals surface area (Å²) in [5, 5.41) is 0.0605. The van der Waals surface area contributed by atoms with Gasteiger partial charge in [0.25, 0.3) is 11.1 Å². The van der Waals surface area contributed by atoms with Crippen LogP contribution in [0.1, 0.15) is 11.3 Å². The minimum Gasteiger partial charge on any atom is -0.493 e. The van der Waals surface area contributed by atoms with Gasteiger partial charge in [0.2, 0.25) is 0 Å². The number of thioether (sulfide) groups is 1. The number of amides is 2. The fourth-order valence-electron chi connectivity index (χ4n) is 3.05. The number of anilines is 1. The Hall–Kier alpha value is -2.81. The van der Waals surface area contributed by atoms with Gasteiger partial charge in [-0.15, -0.1) is 0 Å². The van der Waals surface area contributed by atoms with E-state index in [1.807, 2.05) is 18.2 Å². The van der Waals surface area contributed by atoms with Crippen molar-refractivity contribution >= 4 is 62.2 Å². The summed E-state index contributed by atoms with van der Waals surface area (Å²) in [4.78, 5) is 31.0. The molecule has 1 aliphatic rings. The first-order valence-electron chi connectivity index (χ1n) is 9.40. The van der Waals surface area contributed by atoms with Crippen molar-refractivity contribution in [3.05, 3.63) is 86.5 Å². The van der Waals surface area contributed by atoms with E-state index >= 15 is 0 Å². The molecule has 0 aliphatic carbocycles. The number of nitrogens with zero attached hydrogens (tertiary/aromatic N) is 2. The number of pyridine rings is 1.